The maximum absolute atomic E-state index is 12.3. The summed E-state index contributed by atoms with van der Waals surface area (Å²) >= 11 is 7.26. The Morgan fingerprint density at radius 1 is 1.22 bits per heavy atom. The molecule has 2 N–H and O–H groups in total. The molecule has 0 saturated heterocycles. The standard InChI is InChI=1S/C17H19ClN2O2S/c18-13-8-6-11(7-9-13)10-23-17-19-15(21)14(16(22)20-17)12-4-2-1-3-5-12/h6-9,12H,1-5,10H2,(H2,19,20,21,22). The van der Waals surface area contributed by atoms with Crippen molar-refractivity contribution in [3.8, 4) is 5.88 Å². The molecule has 0 radical (unpaired) electrons. The van der Waals surface area contributed by atoms with Gasteiger partial charge >= 0.3 is 0 Å². The van der Waals surface area contributed by atoms with Crippen LogP contribution in [0.1, 0.15) is 49.1 Å². The Morgan fingerprint density at radius 2 is 1.91 bits per heavy atom. The van der Waals surface area contributed by atoms with Crippen molar-refractivity contribution in [1.29, 1.82) is 0 Å². The average Bonchev–Trinajstić information content (AvgIpc) is 2.55. The van der Waals surface area contributed by atoms with Gasteiger partial charge in [-0.05, 0) is 36.5 Å². The molecule has 0 aliphatic heterocycles. The number of thioether (sulfide) groups is 1. The molecular formula is C17H19ClN2O2S. The van der Waals surface area contributed by atoms with Gasteiger partial charge in [-0.25, -0.2) is 0 Å². The van der Waals surface area contributed by atoms with E-state index in [1.165, 1.54) is 18.2 Å². The average molecular weight is 351 g/mol. The van der Waals surface area contributed by atoms with E-state index in [1.807, 2.05) is 24.3 Å². The first kappa shape index (κ1) is 16.4. The number of nitrogens with one attached hydrogen (secondary N) is 1. The van der Waals surface area contributed by atoms with E-state index < -0.39 is 0 Å². The van der Waals surface area contributed by atoms with Crippen LogP contribution in [-0.2, 0) is 5.75 Å². The van der Waals surface area contributed by atoms with Crippen molar-refractivity contribution in [3.63, 3.8) is 0 Å². The van der Waals surface area contributed by atoms with Crippen molar-refractivity contribution in [2.45, 2.75) is 48.9 Å². The van der Waals surface area contributed by atoms with Crippen molar-refractivity contribution in [2.75, 3.05) is 0 Å². The summed E-state index contributed by atoms with van der Waals surface area (Å²) in [5.41, 5.74) is 1.33. The molecule has 1 aliphatic carbocycles. The number of rotatable bonds is 4. The van der Waals surface area contributed by atoms with Crippen LogP contribution < -0.4 is 5.56 Å². The van der Waals surface area contributed by atoms with Crippen LogP contribution in [0.5, 0.6) is 5.88 Å². The zero-order valence-electron chi connectivity index (χ0n) is 12.7. The van der Waals surface area contributed by atoms with Crippen molar-refractivity contribution in [2.24, 2.45) is 0 Å². The second-order valence-corrected chi connectivity index (χ2v) is 7.26. The second-order valence-electron chi connectivity index (χ2n) is 5.86. The predicted molar refractivity (Wildman–Crippen MR) is 93.4 cm³/mol. The quantitative estimate of drug-likeness (QED) is 0.630. The summed E-state index contributed by atoms with van der Waals surface area (Å²) in [6.45, 7) is 0. The van der Waals surface area contributed by atoms with Gasteiger partial charge in [0.1, 0.15) is 0 Å². The molecule has 4 nitrogen and oxygen atoms in total. The van der Waals surface area contributed by atoms with E-state index in [1.54, 1.807) is 0 Å². The number of nitrogens with zero attached hydrogens (tertiary/aromatic N) is 1. The number of halogens is 1. The summed E-state index contributed by atoms with van der Waals surface area (Å²) in [6, 6.07) is 7.53. The third-order valence-electron chi connectivity index (χ3n) is 4.22. The third-order valence-corrected chi connectivity index (χ3v) is 5.41. The Hall–Kier alpha value is -1.46. The van der Waals surface area contributed by atoms with Crippen LogP contribution in [0.3, 0.4) is 0 Å². The number of hydrogen-bond donors (Lipinski definition) is 2. The number of hydrogen-bond acceptors (Lipinski definition) is 4. The number of H-pyrrole nitrogens is 1. The second kappa shape index (κ2) is 7.41. The number of aromatic hydroxyl groups is 1. The van der Waals surface area contributed by atoms with Crippen LogP contribution >= 0.6 is 23.4 Å². The lowest BCUT2D eigenvalue weighted by molar-refractivity contribution is 0.394. The Kier molecular flexibility index (Phi) is 5.28. The molecule has 1 aliphatic rings. The van der Waals surface area contributed by atoms with E-state index >= 15 is 0 Å². The lowest BCUT2D eigenvalue weighted by atomic mass is 9.85. The fraction of sp³-hybridized carbons (Fsp3) is 0.412. The summed E-state index contributed by atoms with van der Waals surface area (Å²) in [7, 11) is 0. The van der Waals surface area contributed by atoms with Gasteiger partial charge in [-0.2, -0.15) is 4.98 Å². The molecule has 6 heteroatoms. The van der Waals surface area contributed by atoms with Gasteiger partial charge < -0.3 is 10.1 Å². The number of aromatic amines is 1. The van der Waals surface area contributed by atoms with E-state index in [0.29, 0.717) is 21.5 Å². The Labute approximate surface area is 144 Å². The lowest BCUT2D eigenvalue weighted by Gasteiger charge is -2.21. The van der Waals surface area contributed by atoms with Crippen molar-refractivity contribution < 1.29 is 5.11 Å². The summed E-state index contributed by atoms with van der Waals surface area (Å²) in [5, 5.41) is 11.3. The maximum atomic E-state index is 12.3. The van der Waals surface area contributed by atoms with Gasteiger partial charge in [0.15, 0.2) is 5.16 Å². The molecule has 1 aromatic heterocycles. The molecule has 0 amide bonds. The number of aromatic nitrogens is 2. The minimum Gasteiger partial charge on any atom is -0.493 e. The fourth-order valence-corrected chi connectivity index (χ4v) is 3.95. The van der Waals surface area contributed by atoms with Gasteiger partial charge in [0.25, 0.3) is 5.56 Å². The molecule has 1 heterocycles. The molecule has 3 rings (SSSR count). The largest absolute Gasteiger partial charge is 0.493 e. The Morgan fingerprint density at radius 3 is 2.57 bits per heavy atom. The van der Waals surface area contributed by atoms with Crippen LogP contribution in [-0.4, -0.2) is 15.1 Å². The van der Waals surface area contributed by atoms with E-state index in [0.717, 1.165) is 31.2 Å². The monoisotopic (exact) mass is 350 g/mol. The molecule has 0 atom stereocenters. The molecule has 122 valence electrons. The SMILES string of the molecule is O=c1[nH]c(SCc2ccc(Cl)cc2)nc(O)c1C1CCCCC1. The smallest absolute Gasteiger partial charge is 0.258 e. The van der Waals surface area contributed by atoms with Gasteiger partial charge in [0.2, 0.25) is 5.88 Å². The van der Waals surface area contributed by atoms with Crippen LogP contribution in [0, 0.1) is 0 Å². The van der Waals surface area contributed by atoms with Crippen LogP contribution in [0.25, 0.3) is 0 Å². The molecule has 0 unspecified atom stereocenters. The summed E-state index contributed by atoms with van der Waals surface area (Å²) < 4.78 is 0. The first-order valence-corrected chi connectivity index (χ1v) is 9.20. The normalized spacial score (nSPS) is 15.7. The van der Waals surface area contributed by atoms with Crippen molar-refractivity contribution >= 4 is 23.4 Å². The zero-order chi connectivity index (χ0) is 16.2. The Balaban J connectivity index is 1.74. The number of benzene rings is 1. The molecule has 1 saturated carbocycles. The first-order valence-electron chi connectivity index (χ1n) is 7.84. The van der Waals surface area contributed by atoms with Gasteiger partial charge in [0, 0.05) is 10.8 Å². The summed E-state index contributed by atoms with van der Waals surface area (Å²) in [4.78, 5) is 19.3. The molecule has 0 bridgehead atoms. The topological polar surface area (TPSA) is 66.0 Å². The molecule has 23 heavy (non-hydrogen) atoms. The van der Waals surface area contributed by atoms with Gasteiger partial charge in [-0.3, -0.25) is 4.79 Å². The summed E-state index contributed by atoms with van der Waals surface area (Å²) in [6.07, 6.45) is 5.33. The predicted octanol–water partition coefficient (Wildman–Crippen LogP) is 4.47. The minimum absolute atomic E-state index is 0.112. The van der Waals surface area contributed by atoms with Crippen LogP contribution in [0.4, 0.5) is 0 Å². The van der Waals surface area contributed by atoms with Crippen LogP contribution in [0.15, 0.2) is 34.2 Å². The van der Waals surface area contributed by atoms with E-state index in [2.05, 4.69) is 9.97 Å². The zero-order valence-corrected chi connectivity index (χ0v) is 14.3. The van der Waals surface area contributed by atoms with Gasteiger partial charge in [-0.1, -0.05) is 54.8 Å². The highest BCUT2D eigenvalue weighted by Crippen LogP contribution is 2.34. The van der Waals surface area contributed by atoms with Gasteiger partial charge in [-0.15, -0.1) is 0 Å². The molecule has 1 fully saturated rings. The molecule has 0 spiro atoms. The highest BCUT2D eigenvalue weighted by Gasteiger charge is 2.23. The van der Waals surface area contributed by atoms with E-state index in [9.17, 15) is 9.90 Å². The van der Waals surface area contributed by atoms with Crippen LogP contribution in [0.2, 0.25) is 5.02 Å². The molecule has 1 aromatic carbocycles. The van der Waals surface area contributed by atoms with E-state index in [4.69, 9.17) is 11.6 Å². The first-order chi connectivity index (χ1) is 11.1. The highest BCUT2D eigenvalue weighted by molar-refractivity contribution is 7.98. The van der Waals surface area contributed by atoms with Crippen molar-refractivity contribution in [1.82, 2.24) is 9.97 Å². The summed E-state index contributed by atoms with van der Waals surface area (Å²) in [5.74, 6) is 0.678. The lowest BCUT2D eigenvalue weighted by Crippen LogP contribution is -2.20. The van der Waals surface area contributed by atoms with Crippen molar-refractivity contribution in [3.05, 3.63) is 50.8 Å². The molecule has 2 aromatic rings. The van der Waals surface area contributed by atoms with E-state index in [-0.39, 0.29) is 17.4 Å². The highest BCUT2D eigenvalue weighted by atomic mass is 35.5. The third kappa shape index (κ3) is 4.09. The minimum atomic E-state index is -0.206. The maximum Gasteiger partial charge on any atom is 0.258 e. The fourth-order valence-electron chi connectivity index (χ4n) is 3.01. The molecular weight excluding hydrogens is 332 g/mol. The van der Waals surface area contributed by atoms with Gasteiger partial charge in [0.05, 0.1) is 5.56 Å². The Bertz CT molecular complexity index is 724.